The Morgan fingerprint density at radius 3 is 2.76 bits per heavy atom. The number of rotatable bonds is 8. The van der Waals surface area contributed by atoms with Crippen molar-refractivity contribution in [1.29, 1.82) is 0 Å². The average Bonchev–Trinajstić information content (AvgIpc) is 3.56. The number of nitrogens with zero attached hydrogens (tertiary/aromatic N) is 4. The first-order valence-corrected chi connectivity index (χ1v) is 19.7. The lowest BCUT2D eigenvalue weighted by molar-refractivity contribution is 0.0774. The van der Waals surface area contributed by atoms with Crippen molar-refractivity contribution in [3.05, 3.63) is 69.3 Å². The van der Waals surface area contributed by atoms with E-state index in [0.717, 1.165) is 6.04 Å². The van der Waals surface area contributed by atoms with Crippen molar-refractivity contribution in [1.82, 2.24) is 18.4 Å². The Bertz CT molecular complexity index is 1890. The molecule has 0 saturated carbocycles. The minimum atomic E-state index is -1.38. The van der Waals surface area contributed by atoms with E-state index in [1.165, 1.54) is 22.2 Å². The summed E-state index contributed by atoms with van der Waals surface area (Å²) in [7, 11) is -1.38. The fourth-order valence-electron chi connectivity index (χ4n) is 5.98. The molecule has 2 aliphatic heterocycles. The molecule has 6 bridgehead atoms. The summed E-state index contributed by atoms with van der Waals surface area (Å²) in [5.74, 6) is 0.381. The second kappa shape index (κ2) is 12.5. The number of hydrogen-bond acceptors (Lipinski definition) is 9. The van der Waals surface area contributed by atoms with Crippen LogP contribution in [0, 0.1) is 0 Å². The number of amides is 1. The summed E-state index contributed by atoms with van der Waals surface area (Å²) >= 11 is 1.27. The quantitative estimate of drug-likeness (QED) is 0.164. The van der Waals surface area contributed by atoms with Crippen LogP contribution in [0.25, 0.3) is 32.4 Å². The zero-order chi connectivity index (χ0) is 31.9. The van der Waals surface area contributed by atoms with Gasteiger partial charge in [0.2, 0.25) is 0 Å². The Balaban J connectivity index is 1.56. The minimum absolute atomic E-state index is 0.00982. The monoisotopic (exact) mass is 650 g/mol. The largest absolute Gasteiger partial charge is 0.489 e. The fourth-order valence-corrected chi connectivity index (χ4v) is 7.91. The number of carbonyl (C=O) groups is 1. The first-order valence-electron chi connectivity index (χ1n) is 15.2. The van der Waals surface area contributed by atoms with Gasteiger partial charge in [-0.1, -0.05) is 56.0 Å². The van der Waals surface area contributed by atoms with E-state index in [1.54, 1.807) is 39.2 Å². The van der Waals surface area contributed by atoms with Gasteiger partial charge >= 0.3 is 6.09 Å². The Labute approximate surface area is 265 Å². The third kappa shape index (κ3) is 6.09. The van der Waals surface area contributed by atoms with Gasteiger partial charge in [0.1, 0.15) is 36.9 Å². The first-order chi connectivity index (χ1) is 21.6. The van der Waals surface area contributed by atoms with Gasteiger partial charge in [-0.3, -0.25) is 23.0 Å². The molecule has 1 amide bonds. The predicted octanol–water partition coefficient (Wildman–Crippen LogP) is 4.79. The molecule has 13 heteroatoms. The Kier molecular flexibility index (Phi) is 8.70. The van der Waals surface area contributed by atoms with Crippen molar-refractivity contribution in [3.63, 3.8) is 0 Å². The number of ether oxygens (including phenoxy) is 3. The summed E-state index contributed by atoms with van der Waals surface area (Å²) in [4.78, 5) is 47.7. The van der Waals surface area contributed by atoms with Crippen LogP contribution in [-0.4, -0.2) is 69.6 Å². The molecular formula is C32H38N4O7SSi. The Morgan fingerprint density at radius 1 is 1.20 bits per heavy atom. The summed E-state index contributed by atoms with van der Waals surface area (Å²) in [5, 5.41) is 10.6. The van der Waals surface area contributed by atoms with E-state index in [9.17, 15) is 19.5 Å². The van der Waals surface area contributed by atoms with Gasteiger partial charge in [-0.15, -0.1) is 0 Å². The highest BCUT2D eigenvalue weighted by molar-refractivity contribution is 7.14. The van der Waals surface area contributed by atoms with Gasteiger partial charge < -0.3 is 19.3 Å². The number of aliphatic hydroxyl groups excluding tert-OH is 1. The molecule has 2 unspecified atom stereocenters. The van der Waals surface area contributed by atoms with Crippen LogP contribution in [0.3, 0.4) is 0 Å². The van der Waals surface area contributed by atoms with E-state index in [2.05, 4.69) is 26.2 Å². The first kappa shape index (κ1) is 31.2. The fraction of sp³-hybridized carbons (Fsp3) is 0.438. The molecule has 2 aromatic heterocycles. The molecule has 4 heterocycles. The number of aliphatic hydroxyl groups is 1. The number of benzene rings is 2. The molecule has 0 aliphatic carbocycles. The van der Waals surface area contributed by atoms with Gasteiger partial charge in [0, 0.05) is 20.2 Å². The molecule has 238 valence electrons. The van der Waals surface area contributed by atoms with Crippen molar-refractivity contribution in [2.45, 2.75) is 70.5 Å². The molecule has 1 N–H and O–H groups in total. The molecule has 2 aromatic carbocycles. The van der Waals surface area contributed by atoms with Crippen molar-refractivity contribution < 1.29 is 24.1 Å². The van der Waals surface area contributed by atoms with Gasteiger partial charge in [0.05, 0.1) is 40.8 Å². The lowest BCUT2D eigenvalue weighted by Crippen LogP contribution is -2.46. The van der Waals surface area contributed by atoms with Gasteiger partial charge in [0.25, 0.3) is 11.1 Å². The number of aromatic nitrogens is 3. The van der Waals surface area contributed by atoms with E-state index < -0.39 is 14.2 Å². The maximum absolute atomic E-state index is 14.2. The average molecular weight is 651 g/mol. The zero-order valence-electron chi connectivity index (χ0n) is 25.8. The van der Waals surface area contributed by atoms with Crippen molar-refractivity contribution in [2.75, 3.05) is 19.8 Å². The van der Waals surface area contributed by atoms with Crippen LogP contribution in [0.5, 0.6) is 5.75 Å². The molecule has 4 aromatic rings. The van der Waals surface area contributed by atoms with Crippen LogP contribution in [0.1, 0.15) is 18.4 Å². The second-order valence-corrected chi connectivity index (χ2v) is 19.4. The summed E-state index contributed by atoms with van der Waals surface area (Å²) in [6, 6.07) is 9.06. The van der Waals surface area contributed by atoms with E-state index in [-0.39, 0.29) is 62.0 Å². The van der Waals surface area contributed by atoms with E-state index >= 15 is 0 Å². The topological polar surface area (TPSA) is 125 Å². The van der Waals surface area contributed by atoms with Gasteiger partial charge in [-0.2, -0.15) is 0 Å². The standard InChI is InChI=1S/C32H38N4O7SSi/c1-5-11-42-32(40)36-21-9-10-22(36)18-43-26-15-20(17-37)14-25-28(26)33-27(31(39)34(25)19-41-12-13-45(2,3)4)23-7-6-8-24-29(23)44-35(16-21)30(24)38/h5-8,14-15,21-22,37H,1,9-13,16-19H2,2-4H3. The summed E-state index contributed by atoms with van der Waals surface area (Å²) in [5.41, 5.74) is 1.62. The summed E-state index contributed by atoms with van der Waals surface area (Å²) in [6.45, 7) is 11.1. The third-order valence-electron chi connectivity index (χ3n) is 8.37. The van der Waals surface area contributed by atoms with E-state index in [4.69, 9.17) is 19.2 Å². The summed E-state index contributed by atoms with van der Waals surface area (Å²) < 4.78 is 21.8. The maximum atomic E-state index is 14.2. The van der Waals surface area contributed by atoms with Crippen molar-refractivity contribution in [3.8, 4) is 17.0 Å². The molecular weight excluding hydrogens is 613 g/mol. The highest BCUT2D eigenvalue weighted by atomic mass is 32.1. The summed E-state index contributed by atoms with van der Waals surface area (Å²) in [6.07, 6.45) is 2.32. The molecule has 45 heavy (non-hydrogen) atoms. The van der Waals surface area contributed by atoms with E-state index in [1.807, 2.05) is 0 Å². The van der Waals surface area contributed by atoms with Gasteiger partial charge in [-0.25, -0.2) is 9.78 Å². The normalized spacial score (nSPS) is 18.0. The third-order valence-corrected chi connectivity index (χ3v) is 11.2. The van der Waals surface area contributed by atoms with Crippen molar-refractivity contribution >= 4 is 46.8 Å². The molecule has 2 aliphatic rings. The zero-order valence-corrected chi connectivity index (χ0v) is 27.6. The molecule has 1 saturated heterocycles. The molecule has 0 spiro atoms. The molecule has 11 nitrogen and oxygen atoms in total. The van der Waals surface area contributed by atoms with Crippen molar-refractivity contribution in [2.24, 2.45) is 0 Å². The molecule has 1 fully saturated rings. The molecule has 2 atom stereocenters. The number of fused-ring (bicyclic) bond motifs is 5. The van der Waals surface area contributed by atoms with Crippen LogP contribution in [0.15, 0.2) is 52.6 Å². The SMILES string of the molecule is C=CCOC(=O)N1C2CCC1Cn1sc3c(cccc3c1=O)-c1nc3c(cc(CO)cc3n(COCC[Si](C)(C)C)c1=O)OC2. The Hall–Kier alpha value is -3.78. The van der Waals surface area contributed by atoms with E-state index in [0.29, 0.717) is 57.4 Å². The predicted molar refractivity (Wildman–Crippen MR) is 177 cm³/mol. The highest BCUT2D eigenvalue weighted by Crippen LogP contribution is 2.35. The van der Waals surface area contributed by atoms with Crippen LogP contribution >= 0.6 is 11.5 Å². The van der Waals surface area contributed by atoms with Crippen LogP contribution in [-0.2, 0) is 29.4 Å². The van der Waals surface area contributed by atoms with Gasteiger partial charge in [0.15, 0.2) is 0 Å². The van der Waals surface area contributed by atoms with Crippen LogP contribution in [0.2, 0.25) is 25.7 Å². The minimum Gasteiger partial charge on any atom is -0.489 e. The lowest BCUT2D eigenvalue weighted by atomic mass is 10.1. The smallest absolute Gasteiger partial charge is 0.410 e. The lowest BCUT2D eigenvalue weighted by Gasteiger charge is -2.29. The number of hydrogen-bond donors (Lipinski definition) is 1. The second-order valence-electron chi connectivity index (χ2n) is 12.8. The molecule has 0 radical (unpaired) electrons. The Morgan fingerprint density at radius 2 is 2.00 bits per heavy atom. The van der Waals surface area contributed by atoms with Crippen LogP contribution < -0.4 is 15.9 Å². The van der Waals surface area contributed by atoms with Gasteiger partial charge in [-0.05, 0) is 42.6 Å². The number of carbonyl (C=O) groups excluding carboxylic acids is 1. The van der Waals surface area contributed by atoms with Crippen LogP contribution in [0.4, 0.5) is 4.79 Å². The molecule has 6 rings (SSSR count). The maximum Gasteiger partial charge on any atom is 0.410 e. The highest BCUT2D eigenvalue weighted by Gasteiger charge is 2.39.